The fraction of sp³-hybridized carbons (Fsp3) is 0.923. The van der Waals surface area contributed by atoms with Gasteiger partial charge in [-0.2, -0.15) is 0 Å². The minimum atomic E-state index is -3.07. The molecule has 2 fully saturated rings. The third-order valence-corrected chi connectivity index (χ3v) is 5.86. The number of nitrogens with zero attached hydrogens (tertiary/aromatic N) is 3. The molecule has 0 aromatic heterocycles. The maximum Gasteiger partial charge on any atom is 0.211 e. The minimum Gasteiger partial charge on any atom is -0.409 e. The predicted molar refractivity (Wildman–Crippen MR) is 81.7 cm³/mol. The molecule has 2 aliphatic rings. The van der Waals surface area contributed by atoms with Gasteiger partial charge in [0, 0.05) is 25.6 Å². The van der Waals surface area contributed by atoms with Gasteiger partial charge in [0.05, 0.1) is 6.26 Å². The molecule has 0 saturated carbocycles. The number of likely N-dealkylation sites (tertiary alicyclic amines) is 1. The van der Waals surface area contributed by atoms with Crippen molar-refractivity contribution < 1.29 is 13.6 Å². The van der Waals surface area contributed by atoms with Crippen LogP contribution < -0.4 is 5.73 Å². The summed E-state index contributed by atoms with van der Waals surface area (Å²) < 4.78 is 24.9. The maximum atomic E-state index is 11.6. The van der Waals surface area contributed by atoms with Crippen LogP contribution in [-0.2, 0) is 10.0 Å². The van der Waals surface area contributed by atoms with Crippen LogP contribution in [0, 0.1) is 11.8 Å². The fourth-order valence-corrected chi connectivity index (χ4v) is 4.28. The number of sulfonamides is 1. The van der Waals surface area contributed by atoms with E-state index in [4.69, 9.17) is 10.9 Å². The van der Waals surface area contributed by atoms with E-state index in [9.17, 15) is 8.42 Å². The topological polar surface area (TPSA) is 99.2 Å². The summed E-state index contributed by atoms with van der Waals surface area (Å²) in [6, 6.07) is 0. The van der Waals surface area contributed by atoms with Gasteiger partial charge >= 0.3 is 0 Å². The van der Waals surface area contributed by atoms with Gasteiger partial charge in [-0.05, 0) is 44.7 Å². The first kappa shape index (κ1) is 16.5. The van der Waals surface area contributed by atoms with Crippen LogP contribution in [-0.4, -0.2) is 67.6 Å². The molecule has 21 heavy (non-hydrogen) atoms. The summed E-state index contributed by atoms with van der Waals surface area (Å²) in [5.41, 5.74) is 5.65. The zero-order valence-corrected chi connectivity index (χ0v) is 13.4. The highest BCUT2D eigenvalue weighted by Crippen LogP contribution is 2.23. The third-order valence-electron chi connectivity index (χ3n) is 4.59. The van der Waals surface area contributed by atoms with Gasteiger partial charge < -0.3 is 15.8 Å². The molecule has 0 aromatic carbocycles. The fourth-order valence-electron chi connectivity index (χ4n) is 3.34. The highest BCUT2D eigenvalue weighted by molar-refractivity contribution is 7.88. The van der Waals surface area contributed by atoms with E-state index in [0.717, 1.165) is 45.3 Å². The first-order valence-corrected chi connectivity index (χ1v) is 9.40. The van der Waals surface area contributed by atoms with E-state index in [1.54, 1.807) is 4.31 Å². The summed E-state index contributed by atoms with van der Waals surface area (Å²) in [6.45, 7) is 4.08. The van der Waals surface area contributed by atoms with E-state index >= 15 is 0 Å². The smallest absolute Gasteiger partial charge is 0.211 e. The first-order chi connectivity index (χ1) is 9.90. The lowest BCUT2D eigenvalue weighted by Gasteiger charge is -2.37. The predicted octanol–water partition coefficient (Wildman–Crippen LogP) is 0.116. The Hall–Kier alpha value is -0.860. The molecule has 8 heteroatoms. The Labute approximate surface area is 126 Å². The number of oxime groups is 1. The molecule has 2 rings (SSSR count). The van der Waals surface area contributed by atoms with Crippen molar-refractivity contribution in [1.29, 1.82) is 0 Å². The number of nitrogens with two attached hydrogens (primary N) is 1. The second-order valence-electron chi connectivity index (χ2n) is 6.23. The monoisotopic (exact) mass is 318 g/mol. The number of hydrogen-bond donors (Lipinski definition) is 2. The molecule has 2 saturated heterocycles. The maximum absolute atomic E-state index is 11.6. The van der Waals surface area contributed by atoms with Crippen LogP contribution in [0.3, 0.4) is 0 Å². The Morgan fingerprint density at radius 1 is 1.29 bits per heavy atom. The van der Waals surface area contributed by atoms with Gasteiger partial charge in [0.2, 0.25) is 10.0 Å². The summed E-state index contributed by atoms with van der Waals surface area (Å²) in [6.07, 6.45) is 5.12. The average molecular weight is 318 g/mol. The first-order valence-electron chi connectivity index (χ1n) is 7.55. The molecular weight excluding hydrogens is 292 g/mol. The van der Waals surface area contributed by atoms with E-state index in [2.05, 4.69) is 10.1 Å². The van der Waals surface area contributed by atoms with Gasteiger partial charge in [-0.3, -0.25) is 0 Å². The van der Waals surface area contributed by atoms with Crippen LogP contribution in [0.25, 0.3) is 0 Å². The number of hydrogen-bond acceptors (Lipinski definition) is 5. The molecule has 0 aromatic rings. The van der Waals surface area contributed by atoms with Crippen LogP contribution in [0.4, 0.5) is 0 Å². The Kier molecular flexibility index (Phi) is 5.45. The summed E-state index contributed by atoms with van der Waals surface area (Å²) in [7, 11) is -3.07. The lowest BCUT2D eigenvalue weighted by Crippen LogP contribution is -2.45. The van der Waals surface area contributed by atoms with E-state index < -0.39 is 10.0 Å². The van der Waals surface area contributed by atoms with Crippen molar-refractivity contribution in [2.45, 2.75) is 25.7 Å². The van der Waals surface area contributed by atoms with E-state index in [-0.39, 0.29) is 5.92 Å². The molecule has 2 heterocycles. The molecule has 1 atom stereocenters. The van der Waals surface area contributed by atoms with Crippen LogP contribution >= 0.6 is 0 Å². The second-order valence-corrected chi connectivity index (χ2v) is 8.21. The van der Waals surface area contributed by atoms with Crippen molar-refractivity contribution in [2.75, 3.05) is 39.0 Å². The number of amidine groups is 1. The van der Waals surface area contributed by atoms with Gasteiger partial charge in [0.1, 0.15) is 5.84 Å². The summed E-state index contributed by atoms with van der Waals surface area (Å²) >= 11 is 0. The SMILES string of the molecule is CS(=O)(=O)N1CCCC(CN2CCC(C(N)=NO)CC2)C1. The summed E-state index contributed by atoms with van der Waals surface area (Å²) in [4.78, 5) is 2.37. The largest absolute Gasteiger partial charge is 0.409 e. The van der Waals surface area contributed by atoms with Gasteiger partial charge in [-0.15, -0.1) is 0 Å². The molecule has 0 spiro atoms. The van der Waals surface area contributed by atoms with Crippen molar-refractivity contribution >= 4 is 15.9 Å². The van der Waals surface area contributed by atoms with Gasteiger partial charge in [0.25, 0.3) is 0 Å². The van der Waals surface area contributed by atoms with Crippen LogP contribution in [0.5, 0.6) is 0 Å². The Balaban J connectivity index is 1.81. The van der Waals surface area contributed by atoms with Crippen molar-refractivity contribution in [1.82, 2.24) is 9.21 Å². The van der Waals surface area contributed by atoms with Crippen molar-refractivity contribution in [3.8, 4) is 0 Å². The van der Waals surface area contributed by atoms with Crippen LogP contribution in [0.15, 0.2) is 5.16 Å². The molecule has 0 bridgehead atoms. The second kappa shape index (κ2) is 6.93. The molecule has 0 radical (unpaired) electrons. The molecular formula is C13H26N4O3S. The highest BCUT2D eigenvalue weighted by Gasteiger charge is 2.29. The normalized spacial score (nSPS) is 27.9. The Bertz CT molecular complexity index is 472. The van der Waals surface area contributed by atoms with Gasteiger partial charge in [-0.25, -0.2) is 12.7 Å². The standard InChI is InChI=1S/C13H26N4O3S/c1-21(19,20)17-6-2-3-11(10-17)9-16-7-4-12(5-8-16)13(14)15-18/h11-12,18H,2-10H2,1H3,(H2,14,15). The molecule has 0 aliphatic carbocycles. The molecule has 7 nitrogen and oxygen atoms in total. The molecule has 1 unspecified atom stereocenters. The molecule has 2 aliphatic heterocycles. The number of rotatable bonds is 4. The highest BCUT2D eigenvalue weighted by atomic mass is 32.2. The van der Waals surface area contributed by atoms with Crippen molar-refractivity contribution in [3.05, 3.63) is 0 Å². The average Bonchev–Trinajstić information content (AvgIpc) is 2.47. The Morgan fingerprint density at radius 3 is 2.52 bits per heavy atom. The number of piperidine rings is 2. The van der Waals surface area contributed by atoms with Crippen molar-refractivity contribution in [3.63, 3.8) is 0 Å². The van der Waals surface area contributed by atoms with Crippen LogP contribution in [0.1, 0.15) is 25.7 Å². The van der Waals surface area contributed by atoms with E-state index in [1.165, 1.54) is 6.26 Å². The summed E-state index contributed by atoms with van der Waals surface area (Å²) in [5, 5.41) is 11.8. The lowest BCUT2D eigenvalue weighted by molar-refractivity contribution is 0.147. The van der Waals surface area contributed by atoms with E-state index in [1.807, 2.05) is 0 Å². The zero-order chi connectivity index (χ0) is 15.5. The molecule has 122 valence electrons. The lowest BCUT2D eigenvalue weighted by atomic mass is 9.93. The summed E-state index contributed by atoms with van der Waals surface area (Å²) in [5.74, 6) is 0.912. The van der Waals surface area contributed by atoms with Crippen molar-refractivity contribution in [2.24, 2.45) is 22.7 Å². The van der Waals surface area contributed by atoms with Gasteiger partial charge in [0.15, 0.2) is 0 Å². The quantitative estimate of drug-likeness (QED) is 0.332. The zero-order valence-electron chi connectivity index (χ0n) is 12.6. The van der Waals surface area contributed by atoms with E-state index in [0.29, 0.717) is 24.8 Å². The third kappa shape index (κ3) is 4.55. The Morgan fingerprint density at radius 2 is 1.95 bits per heavy atom. The van der Waals surface area contributed by atoms with Gasteiger partial charge in [-0.1, -0.05) is 5.16 Å². The van der Waals surface area contributed by atoms with Crippen LogP contribution in [0.2, 0.25) is 0 Å². The molecule has 0 amide bonds. The minimum absolute atomic E-state index is 0.171. The molecule has 3 N–H and O–H groups in total.